The fourth-order valence-electron chi connectivity index (χ4n) is 1.13. The monoisotopic (exact) mass is 187 g/mol. The summed E-state index contributed by atoms with van der Waals surface area (Å²) in [7, 11) is 1.84. The van der Waals surface area contributed by atoms with Crippen molar-refractivity contribution in [2.45, 2.75) is 32.4 Å². The molecule has 4 heteroatoms. The Bertz CT molecular complexity index is 136. The minimum Gasteiger partial charge on any atom is -0.396 e. The molecule has 0 spiro atoms. The Hall–Kier alpha value is -0.450. The summed E-state index contributed by atoms with van der Waals surface area (Å²) in [5.74, 6) is 0. The first-order chi connectivity index (χ1) is 6.28. The van der Waals surface area contributed by atoms with Gasteiger partial charge in [0.2, 0.25) is 0 Å². The second kappa shape index (κ2) is 8.16. The maximum Gasteiger partial charge on any atom is 0.111 e. The molecule has 0 aliphatic rings. The van der Waals surface area contributed by atoms with E-state index in [-0.39, 0.29) is 12.8 Å². The van der Waals surface area contributed by atoms with E-state index < -0.39 is 0 Å². The number of rotatable bonds is 7. The van der Waals surface area contributed by atoms with Crippen molar-refractivity contribution in [2.24, 2.45) is 10.7 Å². The van der Waals surface area contributed by atoms with Gasteiger partial charge in [0.05, 0.1) is 0 Å². The molecule has 0 aliphatic heterocycles. The fraction of sp³-hybridized carbons (Fsp3) is 0.889. The van der Waals surface area contributed by atoms with Crippen molar-refractivity contribution in [1.29, 1.82) is 0 Å². The molecule has 0 saturated heterocycles. The summed E-state index contributed by atoms with van der Waals surface area (Å²) in [5.41, 5.74) is 6.54. The minimum atomic E-state index is -0.00639. The second-order valence-corrected chi connectivity index (χ2v) is 2.96. The van der Waals surface area contributed by atoms with Crippen molar-refractivity contribution >= 4 is 5.71 Å². The number of hydrogen-bond acceptors (Lipinski definition) is 4. The highest BCUT2D eigenvalue weighted by Crippen LogP contribution is 1.99. The Kier molecular flexibility index (Phi) is 7.88. The lowest BCUT2D eigenvalue weighted by atomic mass is 10.1. The van der Waals surface area contributed by atoms with Crippen LogP contribution in [0, 0.1) is 0 Å². The molecule has 1 unspecified atom stereocenters. The predicted octanol–water partition coefficient (Wildman–Crippen LogP) is 0.114. The molecule has 4 N–H and O–H groups in total. The van der Waals surface area contributed by atoms with Gasteiger partial charge in [-0.3, -0.25) is 10.3 Å². The lowest BCUT2D eigenvalue weighted by Crippen LogP contribution is -2.32. The van der Waals surface area contributed by atoms with Gasteiger partial charge in [-0.25, -0.2) is 0 Å². The first-order valence-corrected chi connectivity index (χ1v) is 4.82. The molecule has 0 heterocycles. The summed E-state index contributed by atoms with van der Waals surface area (Å²) < 4.78 is 0. The van der Waals surface area contributed by atoms with Crippen LogP contribution >= 0.6 is 0 Å². The van der Waals surface area contributed by atoms with Gasteiger partial charge >= 0.3 is 0 Å². The van der Waals surface area contributed by atoms with Crippen LogP contribution in [0.2, 0.25) is 0 Å². The van der Waals surface area contributed by atoms with Crippen LogP contribution in [0.4, 0.5) is 0 Å². The third kappa shape index (κ3) is 5.74. The molecule has 0 saturated carbocycles. The van der Waals surface area contributed by atoms with Crippen molar-refractivity contribution in [3.63, 3.8) is 0 Å². The molecule has 0 aromatic heterocycles. The van der Waals surface area contributed by atoms with E-state index >= 15 is 0 Å². The van der Waals surface area contributed by atoms with Crippen molar-refractivity contribution < 1.29 is 5.11 Å². The maximum atomic E-state index is 8.79. The molecule has 13 heavy (non-hydrogen) atoms. The summed E-state index contributed by atoms with van der Waals surface area (Å²) in [5, 5.41) is 11.8. The first-order valence-electron chi connectivity index (χ1n) is 4.82. The van der Waals surface area contributed by atoms with Gasteiger partial charge in [-0.15, -0.1) is 0 Å². The van der Waals surface area contributed by atoms with E-state index in [1.807, 2.05) is 7.05 Å². The van der Waals surface area contributed by atoms with Crippen LogP contribution in [0.15, 0.2) is 4.99 Å². The van der Waals surface area contributed by atoms with Crippen molar-refractivity contribution in [3.8, 4) is 0 Å². The van der Waals surface area contributed by atoms with Gasteiger partial charge in [0.25, 0.3) is 0 Å². The van der Waals surface area contributed by atoms with Gasteiger partial charge in [0, 0.05) is 25.3 Å². The molecule has 0 fully saturated rings. The van der Waals surface area contributed by atoms with Crippen LogP contribution in [0.3, 0.4) is 0 Å². The Morgan fingerprint density at radius 3 is 2.62 bits per heavy atom. The van der Waals surface area contributed by atoms with Gasteiger partial charge in [-0.1, -0.05) is 13.3 Å². The molecule has 0 aliphatic carbocycles. The average molecular weight is 187 g/mol. The van der Waals surface area contributed by atoms with Crippen molar-refractivity contribution in [3.05, 3.63) is 0 Å². The number of nitrogens with one attached hydrogen (secondary N) is 1. The summed E-state index contributed by atoms with van der Waals surface area (Å²) in [6.07, 6.45) is 2.65. The summed E-state index contributed by atoms with van der Waals surface area (Å²) in [6.45, 7) is 2.76. The first kappa shape index (κ1) is 12.6. The van der Waals surface area contributed by atoms with E-state index in [0.29, 0.717) is 13.0 Å². The largest absolute Gasteiger partial charge is 0.396 e. The average Bonchev–Trinajstić information content (AvgIpc) is 2.14. The zero-order valence-corrected chi connectivity index (χ0v) is 8.58. The Morgan fingerprint density at radius 2 is 2.23 bits per heavy atom. The maximum absolute atomic E-state index is 8.79. The number of nitrogens with two attached hydrogens (primary N) is 1. The van der Waals surface area contributed by atoms with E-state index in [1.165, 1.54) is 0 Å². The minimum absolute atomic E-state index is 0.00639. The quantitative estimate of drug-likeness (QED) is 0.496. The second-order valence-electron chi connectivity index (χ2n) is 2.96. The molecule has 4 nitrogen and oxygen atoms in total. The number of nitrogens with zero attached hydrogens (tertiary/aromatic N) is 1. The smallest absolute Gasteiger partial charge is 0.111 e. The van der Waals surface area contributed by atoms with E-state index in [0.717, 1.165) is 18.6 Å². The zero-order valence-electron chi connectivity index (χ0n) is 8.58. The Morgan fingerprint density at radius 1 is 1.54 bits per heavy atom. The van der Waals surface area contributed by atoms with Gasteiger partial charge in [0.15, 0.2) is 0 Å². The standard InChI is InChI=1S/C9H21N3O/c1-3-4-8(5-6-13)12-9(7-10)11-2/h9,11,13H,3-7,10H2,1-2H3. The van der Waals surface area contributed by atoms with Crippen molar-refractivity contribution in [1.82, 2.24) is 5.32 Å². The third-order valence-corrected chi connectivity index (χ3v) is 1.83. The lowest BCUT2D eigenvalue weighted by molar-refractivity contribution is 0.306. The molecule has 0 radical (unpaired) electrons. The fourth-order valence-corrected chi connectivity index (χ4v) is 1.13. The number of aliphatic hydroxyl groups excluding tert-OH is 1. The molecule has 0 rings (SSSR count). The van der Waals surface area contributed by atoms with Crippen LogP contribution in [0.25, 0.3) is 0 Å². The van der Waals surface area contributed by atoms with Gasteiger partial charge < -0.3 is 10.8 Å². The molecule has 78 valence electrons. The number of aliphatic imine (C=N–C) groups is 1. The molecule has 0 amide bonds. The molecular weight excluding hydrogens is 166 g/mol. The SMILES string of the molecule is CCCC(CCO)=NC(CN)NC. The number of aliphatic hydroxyl groups is 1. The molecule has 0 aromatic rings. The molecule has 0 bridgehead atoms. The lowest BCUT2D eigenvalue weighted by Gasteiger charge is -2.11. The summed E-state index contributed by atoms with van der Waals surface area (Å²) in [4.78, 5) is 4.41. The summed E-state index contributed by atoms with van der Waals surface area (Å²) in [6, 6.07) is 0. The van der Waals surface area contributed by atoms with E-state index in [2.05, 4.69) is 17.2 Å². The Balaban J connectivity index is 4.12. The van der Waals surface area contributed by atoms with Crippen LogP contribution in [0.1, 0.15) is 26.2 Å². The number of likely N-dealkylation sites (N-methyl/N-ethyl adjacent to an activating group) is 1. The molecule has 1 atom stereocenters. The van der Waals surface area contributed by atoms with Crippen LogP contribution in [-0.4, -0.2) is 37.2 Å². The topological polar surface area (TPSA) is 70.6 Å². The highest BCUT2D eigenvalue weighted by Gasteiger charge is 2.03. The highest BCUT2D eigenvalue weighted by molar-refractivity contribution is 5.84. The normalized spacial score (nSPS) is 14.6. The van der Waals surface area contributed by atoms with Crippen LogP contribution < -0.4 is 11.1 Å². The van der Waals surface area contributed by atoms with Gasteiger partial charge in [-0.05, 0) is 13.5 Å². The van der Waals surface area contributed by atoms with E-state index in [4.69, 9.17) is 10.8 Å². The van der Waals surface area contributed by atoms with Crippen LogP contribution in [-0.2, 0) is 0 Å². The van der Waals surface area contributed by atoms with Gasteiger partial charge in [0.1, 0.15) is 6.17 Å². The summed E-state index contributed by atoms with van der Waals surface area (Å²) >= 11 is 0. The highest BCUT2D eigenvalue weighted by atomic mass is 16.3. The number of hydrogen-bond donors (Lipinski definition) is 3. The van der Waals surface area contributed by atoms with Crippen LogP contribution in [0.5, 0.6) is 0 Å². The van der Waals surface area contributed by atoms with E-state index in [1.54, 1.807) is 0 Å². The van der Waals surface area contributed by atoms with E-state index in [9.17, 15) is 0 Å². The predicted molar refractivity (Wildman–Crippen MR) is 55.9 cm³/mol. The zero-order chi connectivity index (χ0) is 10.1. The Labute approximate surface area is 80.2 Å². The van der Waals surface area contributed by atoms with Crippen molar-refractivity contribution in [2.75, 3.05) is 20.2 Å². The third-order valence-electron chi connectivity index (χ3n) is 1.83. The molecule has 0 aromatic carbocycles. The van der Waals surface area contributed by atoms with Gasteiger partial charge in [-0.2, -0.15) is 0 Å². The molecular formula is C9H21N3O.